The predicted molar refractivity (Wildman–Crippen MR) is 87.4 cm³/mol. The van der Waals surface area contributed by atoms with Gasteiger partial charge in [0.2, 0.25) is 0 Å². The molecule has 0 spiro atoms. The van der Waals surface area contributed by atoms with Crippen LogP contribution in [0.15, 0.2) is 12.3 Å². The van der Waals surface area contributed by atoms with Gasteiger partial charge in [0, 0.05) is 25.0 Å². The number of aryl methyl sites for hydroxylation is 1. The van der Waals surface area contributed by atoms with Crippen LogP contribution >= 0.6 is 0 Å². The van der Waals surface area contributed by atoms with Crippen LogP contribution in [0.25, 0.3) is 0 Å². The zero-order valence-electron chi connectivity index (χ0n) is 14.5. The minimum Gasteiger partial charge on any atom is -0.463 e. The van der Waals surface area contributed by atoms with Gasteiger partial charge < -0.3 is 14.4 Å². The summed E-state index contributed by atoms with van der Waals surface area (Å²) >= 11 is 0. The molecule has 0 saturated carbocycles. The molecule has 1 atom stereocenters. The Hall–Kier alpha value is -1.85. The fourth-order valence-electron chi connectivity index (χ4n) is 2.61. The first kappa shape index (κ1) is 17.5. The van der Waals surface area contributed by atoms with E-state index in [1.807, 2.05) is 38.7 Å². The van der Waals surface area contributed by atoms with Crippen LogP contribution in [0.1, 0.15) is 45.7 Å². The number of rotatable bonds is 4. The Morgan fingerprint density at radius 2 is 2.22 bits per heavy atom. The molecule has 2 rings (SSSR count). The van der Waals surface area contributed by atoms with Crippen molar-refractivity contribution in [3.05, 3.63) is 18.0 Å². The van der Waals surface area contributed by atoms with Crippen molar-refractivity contribution < 1.29 is 14.3 Å². The molecule has 1 amide bonds. The third-order valence-corrected chi connectivity index (χ3v) is 3.70. The maximum absolute atomic E-state index is 12.1. The molecule has 128 valence electrons. The zero-order chi connectivity index (χ0) is 16.9. The summed E-state index contributed by atoms with van der Waals surface area (Å²) in [6.45, 7) is 9.65. The average molecular weight is 321 g/mol. The SMILES string of the molecule is Cc1ccnc(OCCC2CCCN(C(=O)OC(C)(C)C)C2)n1. The van der Waals surface area contributed by atoms with Crippen LogP contribution in [0.2, 0.25) is 0 Å². The molecular weight excluding hydrogens is 294 g/mol. The molecular formula is C17H27N3O3. The van der Waals surface area contributed by atoms with Crippen LogP contribution in [0.4, 0.5) is 4.79 Å². The molecule has 1 aliphatic heterocycles. The van der Waals surface area contributed by atoms with E-state index in [1.165, 1.54) is 0 Å². The van der Waals surface area contributed by atoms with E-state index in [1.54, 1.807) is 6.20 Å². The largest absolute Gasteiger partial charge is 0.463 e. The first-order chi connectivity index (χ1) is 10.8. The Labute approximate surface area is 138 Å². The summed E-state index contributed by atoms with van der Waals surface area (Å²) in [6, 6.07) is 2.26. The van der Waals surface area contributed by atoms with E-state index in [9.17, 15) is 4.79 Å². The van der Waals surface area contributed by atoms with Crippen molar-refractivity contribution in [2.24, 2.45) is 5.92 Å². The minimum absolute atomic E-state index is 0.217. The van der Waals surface area contributed by atoms with Crippen LogP contribution in [-0.4, -0.2) is 46.3 Å². The number of amides is 1. The maximum atomic E-state index is 12.1. The molecule has 0 aliphatic carbocycles. The number of hydrogen-bond donors (Lipinski definition) is 0. The van der Waals surface area contributed by atoms with Crippen LogP contribution in [0, 0.1) is 12.8 Å². The topological polar surface area (TPSA) is 64.5 Å². The molecule has 0 radical (unpaired) electrons. The van der Waals surface area contributed by atoms with E-state index < -0.39 is 5.60 Å². The molecule has 0 bridgehead atoms. The lowest BCUT2D eigenvalue weighted by atomic mass is 9.95. The predicted octanol–water partition coefficient (Wildman–Crippen LogP) is 3.20. The summed E-state index contributed by atoms with van der Waals surface area (Å²) < 4.78 is 11.1. The van der Waals surface area contributed by atoms with Gasteiger partial charge in [-0.1, -0.05) is 0 Å². The molecule has 1 fully saturated rings. The summed E-state index contributed by atoms with van der Waals surface area (Å²) in [4.78, 5) is 22.3. The third-order valence-electron chi connectivity index (χ3n) is 3.70. The highest BCUT2D eigenvalue weighted by Gasteiger charge is 2.27. The van der Waals surface area contributed by atoms with Crippen LogP contribution in [0.5, 0.6) is 6.01 Å². The number of hydrogen-bond acceptors (Lipinski definition) is 5. The molecule has 2 heterocycles. The van der Waals surface area contributed by atoms with E-state index >= 15 is 0 Å². The molecule has 1 aliphatic rings. The van der Waals surface area contributed by atoms with Crippen LogP contribution in [0.3, 0.4) is 0 Å². The van der Waals surface area contributed by atoms with Gasteiger partial charge >= 0.3 is 12.1 Å². The standard InChI is InChI=1S/C17H27N3O3/c1-13-7-9-18-15(19-13)22-11-8-14-6-5-10-20(12-14)16(21)23-17(2,3)4/h7,9,14H,5-6,8,10-12H2,1-4H3. The Kier molecular flexibility index (Phi) is 5.80. The molecule has 1 saturated heterocycles. The van der Waals surface area contributed by atoms with Gasteiger partial charge in [-0.25, -0.2) is 14.8 Å². The van der Waals surface area contributed by atoms with E-state index in [0.29, 0.717) is 18.5 Å². The normalized spacial score (nSPS) is 18.6. The molecule has 0 N–H and O–H groups in total. The van der Waals surface area contributed by atoms with Crippen LogP contribution in [-0.2, 0) is 4.74 Å². The smallest absolute Gasteiger partial charge is 0.410 e. The average Bonchev–Trinajstić information content (AvgIpc) is 2.46. The molecule has 6 nitrogen and oxygen atoms in total. The summed E-state index contributed by atoms with van der Waals surface area (Å²) in [5.41, 5.74) is 0.444. The van der Waals surface area contributed by atoms with Crippen molar-refractivity contribution in [3.63, 3.8) is 0 Å². The molecule has 1 unspecified atom stereocenters. The lowest BCUT2D eigenvalue weighted by molar-refractivity contribution is 0.0154. The summed E-state index contributed by atoms with van der Waals surface area (Å²) in [5, 5.41) is 0. The van der Waals surface area contributed by atoms with Gasteiger partial charge in [-0.3, -0.25) is 0 Å². The molecule has 1 aromatic heterocycles. The molecule has 0 aromatic carbocycles. The number of likely N-dealkylation sites (tertiary alicyclic amines) is 1. The lowest BCUT2D eigenvalue weighted by Crippen LogP contribution is -2.43. The van der Waals surface area contributed by atoms with Crippen molar-refractivity contribution in [1.29, 1.82) is 0 Å². The van der Waals surface area contributed by atoms with Crippen molar-refractivity contribution in [1.82, 2.24) is 14.9 Å². The quantitative estimate of drug-likeness (QED) is 0.852. The summed E-state index contributed by atoms with van der Waals surface area (Å²) in [6.07, 6.45) is 4.48. The fourth-order valence-corrected chi connectivity index (χ4v) is 2.61. The van der Waals surface area contributed by atoms with E-state index in [2.05, 4.69) is 9.97 Å². The second kappa shape index (κ2) is 7.62. The Morgan fingerprint density at radius 3 is 2.91 bits per heavy atom. The van der Waals surface area contributed by atoms with Gasteiger partial charge in [-0.15, -0.1) is 0 Å². The van der Waals surface area contributed by atoms with Gasteiger partial charge in [-0.2, -0.15) is 0 Å². The number of piperidine rings is 1. The fraction of sp³-hybridized carbons (Fsp3) is 0.706. The molecule has 1 aromatic rings. The maximum Gasteiger partial charge on any atom is 0.410 e. The zero-order valence-corrected chi connectivity index (χ0v) is 14.5. The highest BCUT2D eigenvalue weighted by molar-refractivity contribution is 5.68. The first-order valence-electron chi connectivity index (χ1n) is 8.24. The second-order valence-corrected chi connectivity index (χ2v) is 7.05. The summed E-state index contributed by atoms with van der Waals surface area (Å²) in [7, 11) is 0. The van der Waals surface area contributed by atoms with Gasteiger partial charge in [0.15, 0.2) is 0 Å². The Balaban J connectivity index is 1.76. The van der Waals surface area contributed by atoms with Gasteiger partial charge in [0.05, 0.1) is 6.61 Å². The number of carbonyl (C=O) groups is 1. The number of aromatic nitrogens is 2. The van der Waals surface area contributed by atoms with E-state index in [-0.39, 0.29) is 6.09 Å². The van der Waals surface area contributed by atoms with Gasteiger partial charge in [0.1, 0.15) is 5.60 Å². The first-order valence-corrected chi connectivity index (χ1v) is 8.24. The Morgan fingerprint density at radius 1 is 1.43 bits per heavy atom. The van der Waals surface area contributed by atoms with Crippen molar-refractivity contribution in [2.75, 3.05) is 19.7 Å². The third kappa shape index (κ3) is 6.04. The minimum atomic E-state index is -0.449. The highest BCUT2D eigenvalue weighted by Crippen LogP contribution is 2.21. The lowest BCUT2D eigenvalue weighted by Gasteiger charge is -2.34. The number of carbonyl (C=O) groups excluding carboxylic acids is 1. The summed E-state index contributed by atoms with van der Waals surface area (Å²) in [5.74, 6) is 0.432. The van der Waals surface area contributed by atoms with Crippen molar-refractivity contribution in [3.8, 4) is 6.01 Å². The molecule has 6 heteroatoms. The van der Waals surface area contributed by atoms with Crippen molar-refractivity contribution in [2.45, 2.75) is 52.6 Å². The van der Waals surface area contributed by atoms with Gasteiger partial charge in [-0.05, 0) is 58.9 Å². The number of ether oxygens (including phenoxy) is 2. The van der Waals surface area contributed by atoms with E-state index in [0.717, 1.165) is 38.0 Å². The molecule has 23 heavy (non-hydrogen) atoms. The monoisotopic (exact) mass is 321 g/mol. The number of nitrogens with zero attached hydrogens (tertiary/aromatic N) is 3. The van der Waals surface area contributed by atoms with E-state index in [4.69, 9.17) is 9.47 Å². The Bertz CT molecular complexity index is 528. The van der Waals surface area contributed by atoms with Crippen molar-refractivity contribution >= 4 is 6.09 Å². The highest BCUT2D eigenvalue weighted by atomic mass is 16.6. The van der Waals surface area contributed by atoms with Crippen LogP contribution < -0.4 is 4.74 Å². The van der Waals surface area contributed by atoms with Gasteiger partial charge in [0.25, 0.3) is 0 Å². The second-order valence-electron chi connectivity index (χ2n) is 7.05.